The molecule has 2 N–H and O–H groups in total. The molecule has 0 fully saturated rings. The van der Waals surface area contributed by atoms with E-state index in [0.717, 1.165) is 16.8 Å². The van der Waals surface area contributed by atoms with E-state index in [1.807, 2.05) is 32.0 Å². The van der Waals surface area contributed by atoms with Gasteiger partial charge < -0.3 is 5.32 Å². The molecule has 2 aromatic rings. The predicted molar refractivity (Wildman–Crippen MR) is 76.9 cm³/mol. The van der Waals surface area contributed by atoms with Crippen LogP contribution in [0.4, 0.5) is 11.6 Å². The summed E-state index contributed by atoms with van der Waals surface area (Å²) in [5, 5.41) is 9.45. The SMILES string of the molecule is Cc1ccc(C)c(NC(=O)C2CC(=O)Nc3ncnn32)c1. The maximum Gasteiger partial charge on any atom is 0.249 e. The molecule has 0 radical (unpaired) electrons. The minimum absolute atomic E-state index is 0.0487. The first-order valence-electron chi connectivity index (χ1n) is 6.62. The number of rotatable bonds is 2. The molecule has 1 aliphatic heterocycles. The Bertz CT molecular complexity index is 722. The minimum atomic E-state index is -0.684. The van der Waals surface area contributed by atoms with Crippen molar-refractivity contribution in [1.29, 1.82) is 0 Å². The van der Waals surface area contributed by atoms with Gasteiger partial charge in [-0.3, -0.25) is 14.9 Å². The quantitative estimate of drug-likeness (QED) is 0.873. The zero-order valence-corrected chi connectivity index (χ0v) is 11.8. The van der Waals surface area contributed by atoms with E-state index in [-0.39, 0.29) is 18.2 Å². The van der Waals surface area contributed by atoms with E-state index in [9.17, 15) is 9.59 Å². The highest BCUT2D eigenvalue weighted by Crippen LogP contribution is 2.24. The van der Waals surface area contributed by atoms with Crippen LogP contribution in [0.5, 0.6) is 0 Å². The fraction of sp³-hybridized carbons (Fsp3) is 0.286. The lowest BCUT2D eigenvalue weighted by Crippen LogP contribution is -2.36. The Hall–Kier alpha value is -2.70. The monoisotopic (exact) mass is 285 g/mol. The number of amides is 2. The molecule has 1 aromatic heterocycles. The van der Waals surface area contributed by atoms with E-state index < -0.39 is 6.04 Å². The average Bonchev–Trinajstić information content (AvgIpc) is 2.89. The Labute approximate surface area is 121 Å². The highest BCUT2D eigenvalue weighted by molar-refractivity contribution is 6.01. The zero-order chi connectivity index (χ0) is 15.0. The zero-order valence-electron chi connectivity index (χ0n) is 11.8. The summed E-state index contributed by atoms with van der Waals surface area (Å²) in [6.45, 7) is 3.88. The molecule has 2 amide bonds. The molecule has 1 atom stereocenters. The van der Waals surface area contributed by atoms with Gasteiger partial charge in [-0.1, -0.05) is 12.1 Å². The van der Waals surface area contributed by atoms with Crippen molar-refractivity contribution in [3.63, 3.8) is 0 Å². The third-order valence-corrected chi connectivity index (χ3v) is 3.45. The highest BCUT2D eigenvalue weighted by atomic mass is 16.2. The average molecular weight is 285 g/mol. The number of hydrogen-bond acceptors (Lipinski definition) is 4. The second kappa shape index (κ2) is 5.01. The molecule has 0 saturated heterocycles. The van der Waals surface area contributed by atoms with Crippen LogP contribution in [0.15, 0.2) is 24.5 Å². The normalized spacial score (nSPS) is 17.0. The summed E-state index contributed by atoms with van der Waals surface area (Å²) in [5.74, 6) is -0.214. The van der Waals surface area contributed by atoms with Crippen LogP contribution in [-0.2, 0) is 9.59 Å². The molecule has 21 heavy (non-hydrogen) atoms. The summed E-state index contributed by atoms with van der Waals surface area (Å²) in [6, 6.07) is 5.14. The number of carbonyl (C=O) groups is 2. The lowest BCUT2D eigenvalue weighted by atomic mass is 10.1. The van der Waals surface area contributed by atoms with Gasteiger partial charge in [0.2, 0.25) is 17.8 Å². The van der Waals surface area contributed by atoms with Gasteiger partial charge in [-0.2, -0.15) is 10.1 Å². The topological polar surface area (TPSA) is 88.9 Å². The van der Waals surface area contributed by atoms with Gasteiger partial charge in [0.05, 0.1) is 6.42 Å². The lowest BCUT2D eigenvalue weighted by molar-refractivity contribution is -0.125. The van der Waals surface area contributed by atoms with Crippen molar-refractivity contribution in [2.75, 3.05) is 10.6 Å². The second-order valence-electron chi connectivity index (χ2n) is 5.10. The van der Waals surface area contributed by atoms with E-state index in [2.05, 4.69) is 20.7 Å². The van der Waals surface area contributed by atoms with Gasteiger partial charge in [-0.15, -0.1) is 0 Å². The molecule has 1 aliphatic rings. The van der Waals surface area contributed by atoms with E-state index >= 15 is 0 Å². The van der Waals surface area contributed by atoms with E-state index in [1.165, 1.54) is 11.0 Å². The summed E-state index contributed by atoms with van der Waals surface area (Å²) >= 11 is 0. The molecule has 3 rings (SSSR count). The molecule has 2 heterocycles. The minimum Gasteiger partial charge on any atom is -0.324 e. The summed E-state index contributed by atoms with van der Waals surface area (Å²) in [5.41, 5.74) is 2.76. The lowest BCUT2D eigenvalue weighted by Gasteiger charge is -2.23. The molecule has 1 aromatic carbocycles. The standard InChI is InChI=1S/C14H15N5O2/c1-8-3-4-9(2)10(5-8)17-13(21)11-6-12(20)18-14-15-7-16-19(11)14/h3-5,7,11H,6H2,1-2H3,(H,17,21)(H,15,16,18,20). The smallest absolute Gasteiger partial charge is 0.249 e. The number of fused-ring (bicyclic) bond motifs is 1. The number of nitrogens with zero attached hydrogens (tertiary/aromatic N) is 3. The summed E-state index contributed by atoms with van der Waals surface area (Å²) < 4.78 is 1.43. The van der Waals surface area contributed by atoms with Crippen molar-refractivity contribution < 1.29 is 9.59 Å². The van der Waals surface area contributed by atoms with Crippen LogP contribution in [0.25, 0.3) is 0 Å². The van der Waals surface area contributed by atoms with E-state index in [1.54, 1.807) is 0 Å². The largest absolute Gasteiger partial charge is 0.324 e. The van der Waals surface area contributed by atoms with Gasteiger partial charge in [0.15, 0.2) is 0 Å². The van der Waals surface area contributed by atoms with Gasteiger partial charge in [-0.25, -0.2) is 4.68 Å². The van der Waals surface area contributed by atoms with Crippen LogP contribution in [0.3, 0.4) is 0 Å². The highest BCUT2D eigenvalue weighted by Gasteiger charge is 2.32. The van der Waals surface area contributed by atoms with Crippen LogP contribution in [-0.4, -0.2) is 26.6 Å². The van der Waals surface area contributed by atoms with Crippen LogP contribution in [0.1, 0.15) is 23.6 Å². The maximum atomic E-state index is 12.5. The Morgan fingerprint density at radius 3 is 3.05 bits per heavy atom. The third-order valence-electron chi connectivity index (χ3n) is 3.45. The number of aromatic nitrogens is 3. The Morgan fingerprint density at radius 1 is 1.43 bits per heavy atom. The third kappa shape index (κ3) is 2.49. The second-order valence-corrected chi connectivity index (χ2v) is 5.10. The van der Waals surface area contributed by atoms with E-state index in [0.29, 0.717) is 5.95 Å². The molecular weight excluding hydrogens is 270 g/mol. The molecule has 0 spiro atoms. The Balaban J connectivity index is 1.86. The first-order valence-corrected chi connectivity index (χ1v) is 6.62. The number of nitrogens with one attached hydrogen (secondary N) is 2. The molecule has 108 valence electrons. The molecular formula is C14H15N5O2. The van der Waals surface area contributed by atoms with Crippen molar-refractivity contribution in [2.24, 2.45) is 0 Å². The summed E-state index contributed by atoms with van der Waals surface area (Å²) in [4.78, 5) is 28.0. The Morgan fingerprint density at radius 2 is 2.24 bits per heavy atom. The maximum absolute atomic E-state index is 12.5. The van der Waals surface area contributed by atoms with Crippen LogP contribution >= 0.6 is 0 Å². The number of aryl methyl sites for hydroxylation is 2. The molecule has 1 unspecified atom stereocenters. The summed E-state index contributed by atoms with van der Waals surface area (Å²) in [6.07, 6.45) is 1.37. The van der Waals surface area contributed by atoms with Crippen molar-refractivity contribution in [2.45, 2.75) is 26.3 Å². The van der Waals surface area contributed by atoms with Crippen LogP contribution < -0.4 is 10.6 Å². The number of hydrogen-bond donors (Lipinski definition) is 2. The van der Waals surface area contributed by atoms with E-state index in [4.69, 9.17) is 0 Å². The van der Waals surface area contributed by atoms with Crippen molar-refractivity contribution >= 4 is 23.5 Å². The molecule has 7 nitrogen and oxygen atoms in total. The van der Waals surface area contributed by atoms with Crippen LogP contribution in [0, 0.1) is 13.8 Å². The van der Waals surface area contributed by atoms with Crippen LogP contribution in [0.2, 0.25) is 0 Å². The number of benzene rings is 1. The van der Waals surface area contributed by atoms with Crippen molar-refractivity contribution in [3.05, 3.63) is 35.7 Å². The predicted octanol–water partition coefficient (Wildman–Crippen LogP) is 1.42. The molecule has 0 aliphatic carbocycles. The molecule has 0 saturated carbocycles. The number of carbonyl (C=O) groups excluding carboxylic acids is 2. The first kappa shape index (κ1) is 13.3. The fourth-order valence-corrected chi connectivity index (χ4v) is 2.30. The molecule has 7 heteroatoms. The van der Waals surface area contributed by atoms with Gasteiger partial charge >= 0.3 is 0 Å². The Kier molecular flexibility index (Phi) is 3.17. The van der Waals surface area contributed by atoms with Gasteiger partial charge in [-0.05, 0) is 31.0 Å². The first-order chi connectivity index (χ1) is 10.0. The van der Waals surface area contributed by atoms with Gasteiger partial charge in [0.25, 0.3) is 0 Å². The fourth-order valence-electron chi connectivity index (χ4n) is 2.30. The van der Waals surface area contributed by atoms with Crippen molar-refractivity contribution in [3.8, 4) is 0 Å². The van der Waals surface area contributed by atoms with Crippen molar-refractivity contribution in [1.82, 2.24) is 14.8 Å². The summed E-state index contributed by atoms with van der Waals surface area (Å²) in [7, 11) is 0. The van der Waals surface area contributed by atoms with Gasteiger partial charge in [0.1, 0.15) is 12.4 Å². The number of anilines is 2. The van der Waals surface area contributed by atoms with Gasteiger partial charge in [0, 0.05) is 5.69 Å². The molecule has 0 bridgehead atoms.